The summed E-state index contributed by atoms with van der Waals surface area (Å²) in [7, 11) is 0. The number of aryl methyl sites for hydroxylation is 2. The summed E-state index contributed by atoms with van der Waals surface area (Å²) in [5, 5.41) is 3.37. The Morgan fingerprint density at radius 3 is 2.47 bits per heavy atom. The van der Waals surface area contributed by atoms with E-state index in [4.69, 9.17) is 16.3 Å². The number of piperidine rings is 1. The number of aromatic nitrogens is 2. The second kappa shape index (κ2) is 9.89. The molecule has 1 aliphatic rings. The number of hydrogen-bond acceptors (Lipinski definition) is 5. The van der Waals surface area contributed by atoms with Gasteiger partial charge in [-0.2, -0.15) is 0 Å². The first-order chi connectivity index (χ1) is 14.3. The van der Waals surface area contributed by atoms with E-state index >= 15 is 0 Å². The van der Waals surface area contributed by atoms with E-state index in [1.165, 1.54) is 0 Å². The number of carbonyl (C=O) groups excluding carboxylic acids is 2. The molecule has 0 unspecified atom stereocenters. The van der Waals surface area contributed by atoms with Crippen molar-refractivity contribution in [1.82, 2.24) is 20.2 Å². The van der Waals surface area contributed by atoms with Crippen LogP contribution in [0.1, 0.15) is 47.3 Å². The topological polar surface area (TPSA) is 84.4 Å². The minimum Gasteiger partial charge on any atom is -0.489 e. The number of halogens is 1. The van der Waals surface area contributed by atoms with Crippen LogP contribution in [0.2, 0.25) is 5.02 Å². The molecule has 0 radical (unpaired) electrons. The highest BCUT2D eigenvalue weighted by Crippen LogP contribution is 2.26. The number of hydrogen-bond donors (Lipinski definition) is 1. The average Bonchev–Trinajstić information content (AvgIpc) is 2.69. The van der Waals surface area contributed by atoms with Crippen LogP contribution in [0.5, 0.6) is 5.75 Å². The van der Waals surface area contributed by atoms with Gasteiger partial charge in [0.05, 0.1) is 5.56 Å². The molecule has 2 aromatic rings. The van der Waals surface area contributed by atoms with Gasteiger partial charge in [0.2, 0.25) is 5.91 Å². The van der Waals surface area contributed by atoms with Crippen LogP contribution in [-0.4, -0.2) is 52.4 Å². The molecule has 0 spiro atoms. The van der Waals surface area contributed by atoms with Crippen LogP contribution in [0, 0.1) is 13.8 Å². The van der Waals surface area contributed by atoms with E-state index in [1.54, 1.807) is 25.1 Å². The van der Waals surface area contributed by atoms with Gasteiger partial charge >= 0.3 is 0 Å². The fraction of sp³-hybridized carbons (Fsp3) is 0.455. The zero-order valence-electron chi connectivity index (χ0n) is 17.6. The number of benzene rings is 1. The molecule has 1 fully saturated rings. The Labute approximate surface area is 181 Å². The molecule has 1 aromatic carbocycles. The highest BCUT2D eigenvalue weighted by Gasteiger charge is 2.24. The molecule has 2 amide bonds. The van der Waals surface area contributed by atoms with Crippen molar-refractivity contribution >= 4 is 23.4 Å². The lowest BCUT2D eigenvalue weighted by molar-refractivity contribution is -0.130. The number of carbonyl (C=O) groups is 2. The van der Waals surface area contributed by atoms with Gasteiger partial charge in [-0.05, 0) is 38.1 Å². The highest BCUT2D eigenvalue weighted by molar-refractivity contribution is 6.31. The van der Waals surface area contributed by atoms with E-state index in [0.29, 0.717) is 48.2 Å². The van der Waals surface area contributed by atoms with Gasteiger partial charge in [-0.1, -0.05) is 11.6 Å². The van der Waals surface area contributed by atoms with Gasteiger partial charge < -0.3 is 15.0 Å². The summed E-state index contributed by atoms with van der Waals surface area (Å²) in [5.74, 6) is 1.03. The molecule has 7 nitrogen and oxygen atoms in total. The Morgan fingerprint density at radius 2 is 1.83 bits per heavy atom. The van der Waals surface area contributed by atoms with Gasteiger partial charge in [-0.15, -0.1) is 0 Å². The van der Waals surface area contributed by atoms with Crippen molar-refractivity contribution in [3.05, 3.63) is 52.1 Å². The lowest BCUT2D eigenvalue weighted by Crippen LogP contribution is -2.40. The molecule has 0 aliphatic carbocycles. The van der Waals surface area contributed by atoms with Crippen molar-refractivity contribution in [2.75, 3.05) is 19.6 Å². The second-order valence-electron chi connectivity index (χ2n) is 7.54. The third-order valence-corrected chi connectivity index (χ3v) is 5.27. The molecule has 1 N–H and O–H groups in total. The van der Waals surface area contributed by atoms with Gasteiger partial charge in [-0.3, -0.25) is 9.59 Å². The van der Waals surface area contributed by atoms with Crippen LogP contribution in [0.15, 0.2) is 24.3 Å². The average molecular weight is 431 g/mol. The molecule has 8 heteroatoms. The molecule has 0 atom stereocenters. The Balaban J connectivity index is 1.61. The predicted molar refractivity (Wildman–Crippen MR) is 115 cm³/mol. The minimum absolute atomic E-state index is 0.0444. The van der Waals surface area contributed by atoms with Crippen molar-refractivity contribution in [3.8, 4) is 5.75 Å². The van der Waals surface area contributed by atoms with Crippen molar-refractivity contribution in [2.24, 2.45) is 0 Å². The predicted octanol–water partition coefficient (Wildman–Crippen LogP) is 3.11. The van der Waals surface area contributed by atoms with Crippen molar-refractivity contribution in [2.45, 2.75) is 46.1 Å². The quantitative estimate of drug-likeness (QED) is 0.761. The minimum atomic E-state index is -0.252. The van der Waals surface area contributed by atoms with E-state index in [1.807, 2.05) is 24.8 Å². The summed E-state index contributed by atoms with van der Waals surface area (Å²) in [6.45, 7) is 7.15. The molecule has 3 rings (SSSR count). The van der Waals surface area contributed by atoms with Crippen LogP contribution in [-0.2, 0) is 11.2 Å². The molecular formula is C22H27ClN4O3. The fourth-order valence-corrected chi connectivity index (χ4v) is 3.72. The van der Waals surface area contributed by atoms with Crippen molar-refractivity contribution < 1.29 is 14.3 Å². The molecule has 0 saturated carbocycles. The third-order valence-electron chi connectivity index (χ3n) is 5.03. The number of nitrogens with zero attached hydrogens (tertiary/aromatic N) is 3. The lowest BCUT2D eigenvalue weighted by atomic mass is 10.1. The van der Waals surface area contributed by atoms with Crippen LogP contribution < -0.4 is 10.1 Å². The molecule has 1 saturated heterocycles. The SMILES string of the molecule is CC(=O)N1CCC(Oc2ccc(Cl)cc2C(=O)NCCc2nc(C)cc(C)n2)CC1. The number of likely N-dealkylation sites (tertiary alicyclic amines) is 1. The number of amides is 2. The molecule has 1 aromatic heterocycles. The van der Waals surface area contributed by atoms with Crippen molar-refractivity contribution in [1.29, 1.82) is 0 Å². The Hall–Kier alpha value is -2.67. The number of ether oxygens (including phenoxy) is 1. The first-order valence-corrected chi connectivity index (χ1v) is 10.5. The van der Waals surface area contributed by atoms with Gasteiger partial charge in [-0.25, -0.2) is 9.97 Å². The van der Waals surface area contributed by atoms with E-state index < -0.39 is 0 Å². The summed E-state index contributed by atoms with van der Waals surface area (Å²) in [6, 6.07) is 6.96. The highest BCUT2D eigenvalue weighted by atomic mass is 35.5. The first kappa shape index (κ1) is 22.0. The molecule has 2 heterocycles. The molecule has 160 valence electrons. The van der Waals surface area contributed by atoms with Crippen LogP contribution >= 0.6 is 11.6 Å². The Morgan fingerprint density at radius 1 is 1.17 bits per heavy atom. The summed E-state index contributed by atoms with van der Waals surface area (Å²) in [4.78, 5) is 34.9. The second-order valence-corrected chi connectivity index (χ2v) is 7.97. The molecule has 30 heavy (non-hydrogen) atoms. The van der Waals surface area contributed by atoms with E-state index in [0.717, 1.165) is 24.2 Å². The zero-order valence-corrected chi connectivity index (χ0v) is 18.3. The van der Waals surface area contributed by atoms with Crippen LogP contribution in [0.25, 0.3) is 0 Å². The third kappa shape index (κ3) is 5.92. The van der Waals surface area contributed by atoms with Gasteiger partial charge in [0.25, 0.3) is 5.91 Å². The maximum absolute atomic E-state index is 12.8. The van der Waals surface area contributed by atoms with Gasteiger partial charge in [0, 0.05) is 62.2 Å². The van der Waals surface area contributed by atoms with E-state index in [9.17, 15) is 9.59 Å². The summed E-state index contributed by atoms with van der Waals surface area (Å²) in [6.07, 6.45) is 1.95. The Bertz CT molecular complexity index is 906. The maximum atomic E-state index is 12.8. The zero-order chi connectivity index (χ0) is 21.7. The molecular weight excluding hydrogens is 404 g/mol. The first-order valence-electron chi connectivity index (χ1n) is 10.1. The van der Waals surface area contributed by atoms with E-state index in [2.05, 4.69) is 15.3 Å². The fourth-order valence-electron chi connectivity index (χ4n) is 3.54. The van der Waals surface area contributed by atoms with Crippen LogP contribution in [0.3, 0.4) is 0 Å². The van der Waals surface area contributed by atoms with E-state index in [-0.39, 0.29) is 17.9 Å². The van der Waals surface area contributed by atoms with Crippen LogP contribution in [0.4, 0.5) is 0 Å². The standard InChI is InChI=1S/C22H27ClN4O3/c1-14-12-15(2)26-21(25-14)6-9-24-22(29)19-13-17(23)4-5-20(19)30-18-7-10-27(11-8-18)16(3)28/h4-5,12-13,18H,6-11H2,1-3H3,(H,24,29). The molecule has 0 bridgehead atoms. The number of rotatable bonds is 6. The smallest absolute Gasteiger partial charge is 0.255 e. The normalized spacial score (nSPS) is 14.5. The van der Waals surface area contributed by atoms with Gasteiger partial charge in [0.1, 0.15) is 17.7 Å². The molecule has 1 aliphatic heterocycles. The monoisotopic (exact) mass is 430 g/mol. The summed E-state index contributed by atoms with van der Waals surface area (Å²) >= 11 is 6.12. The number of nitrogens with one attached hydrogen (secondary N) is 1. The maximum Gasteiger partial charge on any atom is 0.255 e. The summed E-state index contributed by atoms with van der Waals surface area (Å²) < 4.78 is 6.10. The summed E-state index contributed by atoms with van der Waals surface area (Å²) in [5.41, 5.74) is 2.22. The lowest BCUT2D eigenvalue weighted by Gasteiger charge is -2.31. The van der Waals surface area contributed by atoms with Crippen molar-refractivity contribution in [3.63, 3.8) is 0 Å². The Kier molecular flexibility index (Phi) is 7.26. The van der Waals surface area contributed by atoms with Gasteiger partial charge in [0.15, 0.2) is 0 Å². The largest absolute Gasteiger partial charge is 0.489 e.